The molecule has 1 aromatic carbocycles. The zero-order valence-electron chi connectivity index (χ0n) is 11.5. The van der Waals surface area contributed by atoms with Crippen LogP contribution in [-0.2, 0) is 4.79 Å². The van der Waals surface area contributed by atoms with E-state index in [9.17, 15) is 14.4 Å². The van der Waals surface area contributed by atoms with Gasteiger partial charge in [0.05, 0.1) is 16.6 Å². The van der Waals surface area contributed by atoms with Crippen molar-refractivity contribution < 1.29 is 4.79 Å². The van der Waals surface area contributed by atoms with Crippen LogP contribution in [0.25, 0.3) is 11.0 Å². The van der Waals surface area contributed by atoms with Crippen LogP contribution in [0.15, 0.2) is 27.8 Å². The first kappa shape index (κ1) is 13.6. The molecule has 0 saturated heterocycles. The van der Waals surface area contributed by atoms with Crippen LogP contribution in [0.2, 0.25) is 0 Å². The van der Waals surface area contributed by atoms with Gasteiger partial charge in [0.15, 0.2) is 0 Å². The molecular formula is C14H16N4O3. The minimum Gasteiger partial charge on any atom is -0.324 e. The summed E-state index contributed by atoms with van der Waals surface area (Å²) in [4.78, 5) is 39.7. The van der Waals surface area contributed by atoms with Crippen molar-refractivity contribution in [2.24, 2.45) is 11.7 Å². The lowest BCUT2D eigenvalue weighted by molar-refractivity contribution is -0.121. The second-order valence-electron chi connectivity index (χ2n) is 5.68. The number of rotatable bonds is 3. The van der Waals surface area contributed by atoms with Gasteiger partial charge in [-0.1, -0.05) is 0 Å². The first-order valence-electron chi connectivity index (χ1n) is 6.74. The first-order valence-corrected chi connectivity index (χ1v) is 6.74. The molecule has 1 fully saturated rings. The van der Waals surface area contributed by atoms with E-state index in [1.807, 2.05) is 0 Å². The van der Waals surface area contributed by atoms with Gasteiger partial charge < -0.3 is 21.0 Å². The van der Waals surface area contributed by atoms with Crippen LogP contribution in [0.3, 0.4) is 0 Å². The maximum atomic E-state index is 12.2. The predicted octanol–water partition coefficient (Wildman–Crippen LogP) is 0.282. The van der Waals surface area contributed by atoms with Crippen molar-refractivity contribution in [1.82, 2.24) is 9.97 Å². The van der Waals surface area contributed by atoms with E-state index >= 15 is 0 Å². The fraction of sp³-hybridized carbons (Fsp3) is 0.357. The van der Waals surface area contributed by atoms with E-state index in [0.29, 0.717) is 16.7 Å². The Balaban J connectivity index is 1.91. The molecule has 5 N–H and O–H groups in total. The minimum atomic E-state index is -0.895. The fourth-order valence-electron chi connectivity index (χ4n) is 2.33. The van der Waals surface area contributed by atoms with Gasteiger partial charge in [-0.25, -0.2) is 0 Å². The van der Waals surface area contributed by atoms with Crippen LogP contribution >= 0.6 is 0 Å². The number of aromatic amines is 2. The third-order valence-corrected chi connectivity index (χ3v) is 3.89. The molecule has 1 aromatic heterocycles. The molecular weight excluding hydrogens is 272 g/mol. The molecule has 110 valence electrons. The highest BCUT2D eigenvalue weighted by Gasteiger charge is 2.44. The number of carbonyl (C=O) groups is 1. The Morgan fingerprint density at radius 1 is 1.24 bits per heavy atom. The van der Waals surface area contributed by atoms with Crippen molar-refractivity contribution in [3.63, 3.8) is 0 Å². The Morgan fingerprint density at radius 3 is 2.48 bits per heavy atom. The van der Waals surface area contributed by atoms with Gasteiger partial charge in [0.25, 0.3) is 0 Å². The third kappa shape index (κ3) is 2.47. The molecule has 1 atom stereocenters. The molecule has 1 aliphatic rings. The highest BCUT2D eigenvalue weighted by Crippen LogP contribution is 2.38. The second kappa shape index (κ2) is 4.56. The van der Waals surface area contributed by atoms with E-state index in [1.165, 1.54) is 0 Å². The Bertz CT molecular complexity index is 830. The van der Waals surface area contributed by atoms with Gasteiger partial charge in [-0.2, -0.15) is 0 Å². The van der Waals surface area contributed by atoms with E-state index in [0.717, 1.165) is 12.8 Å². The number of carbonyl (C=O) groups excluding carboxylic acids is 1. The van der Waals surface area contributed by atoms with E-state index in [-0.39, 0.29) is 11.8 Å². The maximum Gasteiger partial charge on any atom is 0.314 e. The van der Waals surface area contributed by atoms with Gasteiger partial charge in [-0.3, -0.25) is 14.4 Å². The Labute approximate surface area is 119 Å². The minimum absolute atomic E-state index is 0.217. The summed E-state index contributed by atoms with van der Waals surface area (Å²) in [6.45, 7) is 1.72. The van der Waals surface area contributed by atoms with E-state index < -0.39 is 16.7 Å². The summed E-state index contributed by atoms with van der Waals surface area (Å²) >= 11 is 0. The van der Waals surface area contributed by atoms with Crippen LogP contribution in [0, 0.1) is 5.92 Å². The number of benzene rings is 1. The Kier molecular flexibility index (Phi) is 2.94. The number of nitrogens with two attached hydrogens (primary N) is 1. The molecule has 7 nitrogen and oxygen atoms in total. The molecule has 3 rings (SSSR count). The number of amides is 1. The molecule has 1 aliphatic carbocycles. The van der Waals surface area contributed by atoms with Crippen LogP contribution in [-0.4, -0.2) is 21.4 Å². The van der Waals surface area contributed by atoms with Gasteiger partial charge in [-0.15, -0.1) is 0 Å². The van der Waals surface area contributed by atoms with Crippen molar-refractivity contribution >= 4 is 22.6 Å². The molecule has 1 amide bonds. The van der Waals surface area contributed by atoms with Gasteiger partial charge in [0.1, 0.15) is 0 Å². The Morgan fingerprint density at radius 2 is 1.86 bits per heavy atom. The maximum absolute atomic E-state index is 12.2. The molecule has 0 bridgehead atoms. The fourth-order valence-corrected chi connectivity index (χ4v) is 2.33. The molecule has 1 heterocycles. The third-order valence-electron chi connectivity index (χ3n) is 3.89. The number of hydrogen-bond donors (Lipinski definition) is 4. The van der Waals surface area contributed by atoms with E-state index in [4.69, 9.17) is 5.73 Å². The first-order chi connectivity index (χ1) is 9.88. The van der Waals surface area contributed by atoms with Crippen molar-refractivity contribution in [2.75, 3.05) is 5.32 Å². The summed E-state index contributed by atoms with van der Waals surface area (Å²) in [5, 5.41) is 2.75. The van der Waals surface area contributed by atoms with E-state index in [2.05, 4.69) is 15.3 Å². The SMILES string of the molecule is CC(N)(C(=O)Nc1ccc2[nH]c(=O)c(=O)[nH]c2c1)C1CC1. The van der Waals surface area contributed by atoms with Crippen molar-refractivity contribution in [1.29, 1.82) is 0 Å². The molecule has 0 aliphatic heterocycles. The Hall–Kier alpha value is -2.41. The highest BCUT2D eigenvalue weighted by atomic mass is 16.2. The summed E-state index contributed by atoms with van der Waals surface area (Å²) in [5.41, 5.74) is 5.19. The topological polar surface area (TPSA) is 121 Å². The molecule has 1 unspecified atom stereocenters. The molecule has 21 heavy (non-hydrogen) atoms. The van der Waals surface area contributed by atoms with Crippen molar-refractivity contribution in [3.8, 4) is 0 Å². The normalized spacial score (nSPS) is 17.4. The molecule has 1 saturated carbocycles. The van der Waals surface area contributed by atoms with Gasteiger partial charge in [-0.05, 0) is 43.9 Å². The lowest BCUT2D eigenvalue weighted by atomic mass is 9.96. The van der Waals surface area contributed by atoms with Crippen molar-refractivity contribution in [3.05, 3.63) is 38.9 Å². The molecule has 0 radical (unpaired) electrons. The predicted molar refractivity (Wildman–Crippen MR) is 79.1 cm³/mol. The van der Waals surface area contributed by atoms with Crippen LogP contribution in [0.4, 0.5) is 5.69 Å². The van der Waals surface area contributed by atoms with Gasteiger partial charge >= 0.3 is 11.1 Å². The van der Waals surface area contributed by atoms with Crippen molar-refractivity contribution in [2.45, 2.75) is 25.3 Å². The highest BCUT2D eigenvalue weighted by molar-refractivity contribution is 5.99. The van der Waals surface area contributed by atoms with Crippen LogP contribution in [0.1, 0.15) is 19.8 Å². The summed E-state index contributed by atoms with van der Waals surface area (Å²) in [5.74, 6) is -0.0368. The summed E-state index contributed by atoms with van der Waals surface area (Å²) < 4.78 is 0. The average molecular weight is 288 g/mol. The molecule has 0 spiro atoms. The second-order valence-corrected chi connectivity index (χ2v) is 5.68. The average Bonchev–Trinajstić information content (AvgIpc) is 3.25. The number of aromatic nitrogens is 2. The lowest BCUT2D eigenvalue weighted by Crippen LogP contribution is -2.50. The quantitative estimate of drug-likeness (QED) is 0.606. The molecule has 7 heteroatoms. The zero-order valence-corrected chi connectivity index (χ0v) is 11.5. The van der Waals surface area contributed by atoms with Crippen LogP contribution in [0.5, 0.6) is 0 Å². The number of H-pyrrole nitrogens is 2. The lowest BCUT2D eigenvalue weighted by Gasteiger charge is -2.23. The molecule has 2 aromatic rings. The van der Waals surface area contributed by atoms with Gasteiger partial charge in [0, 0.05) is 5.69 Å². The van der Waals surface area contributed by atoms with E-state index in [1.54, 1.807) is 25.1 Å². The number of hydrogen-bond acceptors (Lipinski definition) is 4. The number of fused-ring (bicyclic) bond motifs is 1. The summed E-state index contributed by atoms with van der Waals surface area (Å²) in [6.07, 6.45) is 1.93. The number of nitrogens with one attached hydrogen (secondary N) is 3. The largest absolute Gasteiger partial charge is 0.324 e. The smallest absolute Gasteiger partial charge is 0.314 e. The zero-order chi connectivity index (χ0) is 15.2. The number of anilines is 1. The standard InChI is InChI=1S/C14H16N4O3/c1-14(15,7-2-3-7)13(21)16-8-4-5-9-10(6-8)18-12(20)11(19)17-9/h4-7H,2-3,15H2,1H3,(H,16,21)(H,17,19)(H,18,20). The van der Waals surface area contributed by atoms with Gasteiger partial charge in [0.2, 0.25) is 5.91 Å². The monoisotopic (exact) mass is 288 g/mol. The summed E-state index contributed by atoms with van der Waals surface area (Å²) in [7, 11) is 0. The van der Waals surface area contributed by atoms with Crippen LogP contribution < -0.4 is 22.2 Å². The summed E-state index contributed by atoms with van der Waals surface area (Å²) in [6, 6.07) is 4.86.